The Morgan fingerprint density at radius 2 is 1.82 bits per heavy atom. The van der Waals surface area contributed by atoms with Crippen molar-refractivity contribution in [1.29, 1.82) is 0 Å². The van der Waals surface area contributed by atoms with Crippen LogP contribution >= 0.6 is 0 Å². The van der Waals surface area contributed by atoms with Gasteiger partial charge >= 0.3 is 6.09 Å². The van der Waals surface area contributed by atoms with Gasteiger partial charge in [-0.05, 0) is 52.1 Å². The number of amides is 1. The van der Waals surface area contributed by atoms with E-state index in [4.69, 9.17) is 4.74 Å². The molecule has 0 radical (unpaired) electrons. The largest absolute Gasteiger partial charge is 0.413 e. The Balaban J connectivity index is 1.07. The van der Waals surface area contributed by atoms with E-state index < -0.39 is 24.1 Å². The number of halogens is 1. The predicted octanol–water partition coefficient (Wildman–Crippen LogP) is 5.38. The van der Waals surface area contributed by atoms with Gasteiger partial charge in [-0.15, -0.1) is 0 Å². The van der Waals surface area contributed by atoms with Gasteiger partial charge in [-0.1, -0.05) is 66.7 Å². The van der Waals surface area contributed by atoms with Gasteiger partial charge in [0.05, 0.1) is 29.5 Å². The van der Waals surface area contributed by atoms with Crippen molar-refractivity contribution >= 4 is 17.1 Å². The molecule has 0 fully saturated rings. The molecule has 0 bridgehead atoms. The van der Waals surface area contributed by atoms with Gasteiger partial charge in [0, 0.05) is 26.1 Å². The number of benzene rings is 4. The lowest BCUT2D eigenvalue weighted by Gasteiger charge is -2.18. The van der Waals surface area contributed by atoms with Crippen LogP contribution in [0.1, 0.15) is 22.7 Å². The number of aliphatic hydroxyl groups excluding tert-OH is 1. The van der Waals surface area contributed by atoms with E-state index in [2.05, 4.69) is 26.3 Å². The van der Waals surface area contributed by atoms with E-state index in [1.165, 1.54) is 12.1 Å². The zero-order chi connectivity index (χ0) is 27.5. The minimum absolute atomic E-state index is 0.173. The Kier molecular flexibility index (Phi) is 7.27. The maximum absolute atomic E-state index is 14.7. The van der Waals surface area contributed by atoms with Crippen molar-refractivity contribution in [3.63, 3.8) is 0 Å². The summed E-state index contributed by atoms with van der Waals surface area (Å²) in [4.78, 5) is 17.1. The highest BCUT2D eigenvalue weighted by Crippen LogP contribution is 2.33. The Morgan fingerprint density at radius 1 is 1.00 bits per heavy atom. The fraction of sp³-hybridized carbons (Fsp3) is 0.188. The molecule has 0 spiro atoms. The minimum Gasteiger partial charge on any atom is -0.407 e. The summed E-state index contributed by atoms with van der Waals surface area (Å²) in [5.41, 5.74) is 6.46. The normalized spacial score (nSPS) is 16.1. The number of para-hydroxylation sites is 2. The van der Waals surface area contributed by atoms with E-state index in [1.807, 2.05) is 73.1 Å². The van der Waals surface area contributed by atoms with Crippen LogP contribution in [0.4, 0.5) is 9.18 Å². The van der Waals surface area contributed by atoms with Crippen LogP contribution in [-0.4, -0.2) is 33.4 Å². The molecule has 40 heavy (non-hydrogen) atoms. The third kappa shape index (κ3) is 5.45. The van der Waals surface area contributed by atoms with E-state index in [0.717, 1.165) is 46.4 Å². The first-order valence-electron chi connectivity index (χ1n) is 13.3. The minimum atomic E-state index is -0.820. The molecule has 5 aromatic rings. The van der Waals surface area contributed by atoms with Crippen molar-refractivity contribution in [2.45, 2.75) is 31.7 Å². The van der Waals surface area contributed by atoms with Crippen LogP contribution in [0.2, 0.25) is 0 Å². The molecule has 1 aliphatic rings. The SMILES string of the molecule is O=C(N[C@@H]1c2cc(CNCCn3cnc4ccccc43)ccc2C[C@H]1O)Oc1ccc(-c2ccccc2)cc1F. The zero-order valence-electron chi connectivity index (χ0n) is 21.8. The van der Waals surface area contributed by atoms with Crippen molar-refractivity contribution in [3.05, 3.63) is 120 Å². The van der Waals surface area contributed by atoms with E-state index in [1.54, 1.807) is 6.07 Å². The highest BCUT2D eigenvalue weighted by atomic mass is 19.1. The number of hydrogen-bond donors (Lipinski definition) is 3. The lowest BCUT2D eigenvalue weighted by Crippen LogP contribution is -2.36. The Bertz CT molecular complexity index is 1650. The van der Waals surface area contributed by atoms with Crippen LogP contribution in [0.3, 0.4) is 0 Å². The molecule has 4 aromatic carbocycles. The monoisotopic (exact) mass is 536 g/mol. The second kappa shape index (κ2) is 11.3. The first-order chi connectivity index (χ1) is 19.5. The van der Waals surface area contributed by atoms with E-state index in [9.17, 15) is 14.3 Å². The fourth-order valence-corrected chi connectivity index (χ4v) is 5.22. The number of rotatable bonds is 8. The molecule has 7 nitrogen and oxygen atoms in total. The van der Waals surface area contributed by atoms with Crippen LogP contribution in [0.5, 0.6) is 5.75 Å². The molecule has 0 unspecified atom stereocenters. The third-order valence-corrected chi connectivity index (χ3v) is 7.26. The first kappa shape index (κ1) is 25.7. The average Bonchev–Trinajstić information content (AvgIpc) is 3.52. The summed E-state index contributed by atoms with van der Waals surface area (Å²) in [5.74, 6) is -0.811. The third-order valence-electron chi connectivity index (χ3n) is 7.26. The van der Waals surface area contributed by atoms with E-state index >= 15 is 0 Å². The molecule has 1 amide bonds. The molecule has 1 aliphatic carbocycles. The van der Waals surface area contributed by atoms with Gasteiger partial charge in [-0.25, -0.2) is 14.2 Å². The fourth-order valence-electron chi connectivity index (χ4n) is 5.22. The predicted molar refractivity (Wildman–Crippen MR) is 151 cm³/mol. The molecular formula is C32H29FN4O3. The smallest absolute Gasteiger partial charge is 0.407 e. The molecule has 8 heteroatoms. The number of nitrogens with zero attached hydrogens (tertiary/aromatic N) is 2. The number of fused-ring (bicyclic) bond motifs is 2. The number of nitrogens with one attached hydrogen (secondary N) is 2. The van der Waals surface area contributed by atoms with Crippen molar-refractivity contribution in [1.82, 2.24) is 20.2 Å². The molecule has 1 aromatic heterocycles. The van der Waals surface area contributed by atoms with Gasteiger partial charge in [0.15, 0.2) is 11.6 Å². The zero-order valence-corrected chi connectivity index (χ0v) is 21.8. The summed E-state index contributed by atoms with van der Waals surface area (Å²) in [6.45, 7) is 2.16. The summed E-state index contributed by atoms with van der Waals surface area (Å²) >= 11 is 0. The van der Waals surface area contributed by atoms with Gasteiger partial charge < -0.3 is 25.0 Å². The van der Waals surface area contributed by atoms with Crippen LogP contribution in [0.25, 0.3) is 22.2 Å². The lowest BCUT2D eigenvalue weighted by molar-refractivity contribution is 0.133. The highest BCUT2D eigenvalue weighted by Gasteiger charge is 2.33. The van der Waals surface area contributed by atoms with Crippen LogP contribution < -0.4 is 15.4 Å². The molecule has 202 valence electrons. The summed E-state index contributed by atoms with van der Waals surface area (Å²) < 4.78 is 22.1. The Labute approximate surface area is 231 Å². The number of carbonyl (C=O) groups excluding carboxylic acids is 1. The van der Waals surface area contributed by atoms with Crippen LogP contribution in [0.15, 0.2) is 97.3 Å². The molecule has 0 aliphatic heterocycles. The van der Waals surface area contributed by atoms with E-state index in [0.29, 0.717) is 18.5 Å². The molecular weight excluding hydrogens is 507 g/mol. The molecule has 2 atom stereocenters. The summed E-state index contributed by atoms with van der Waals surface area (Å²) in [7, 11) is 0. The summed E-state index contributed by atoms with van der Waals surface area (Å²) in [6.07, 6.45) is 0.647. The quantitative estimate of drug-likeness (QED) is 0.232. The Morgan fingerprint density at radius 3 is 2.67 bits per heavy atom. The topological polar surface area (TPSA) is 88.4 Å². The van der Waals surface area contributed by atoms with Crippen molar-refractivity contribution in [2.75, 3.05) is 6.54 Å². The highest BCUT2D eigenvalue weighted by molar-refractivity contribution is 5.75. The van der Waals surface area contributed by atoms with Gasteiger partial charge in [-0.2, -0.15) is 0 Å². The van der Waals surface area contributed by atoms with Crippen molar-refractivity contribution < 1.29 is 19.0 Å². The molecule has 0 saturated carbocycles. The standard InChI is InChI=1S/C32H29FN4O3/c33-26-17-23(22-6-2-1-3-7-22)12-13-30(26)40-32(39)36-31-25-16-21(10-11-24(25)18-29(31)38)19-34-14-15-37-20-35-27-8-4-5-9-28(27)37/h1-13,16-17,20,29,31,34,38H,14-15,18-19H2,(H,36,39)/t29-,31-/m1/s1. The maximum atomic E-state index is 14.7. The second-order valence-corrected chi connectivity index (χ2v) is 9.93. The van der Waals surface area contributed by atoms with Crippen LogP contribution in [0, 0.1) is 5.82 Å². The summed E-state index contributed by atoms with van der Waals surface area (Å²) in [5, 5.41) is 16.9. The number of aromatic nitrogens is 2. The molecule has 1 heterocycles. The summed E-state index contributed by atoms with van der Waals surface area (Å²) in [6, 6.07) is 27.3. The average molecular weight is 537 g/mol. The molecule has 0 saturated heterocycles. The first-order valence-corrected chi connectivity index (χ1v) is 13.3. The number of hydrogen-bond acceptors (Lipinski definition) is 5. The van der Waals surface area contributed by atoms with Gasteiger partial charge in [0.25, 0.3) is 0 Å². The number of ether oxygens (including phenoxy) is 1. The molecule has 6 rings (SSSR count). The number of carbonyl (C=O) groups is 1. The van der Waals surface area contributed by atoms with Gasteiger partial charge in [0.1, 0.15) is 0 Å². The number of aliphatic hydroxyl groups is 1. The lowest BCUT2D eigenvalue weighted by atomic mass is 10.0. The molecule has 3 N–H and O–H groups in total. The van der Waals surface area contributed by atoms with Crippen molar-refractivity contribution in [3.8, 4) is 16.9 Å². The van der Waals surface area contributed by atoms with Crippen LogP contribution in [-0.2, 0) is 19.5 Å². The van der Waals surface area contributed by atoms with Gasteiger partial charge in [0.2, 0.25) is 0 Å². The van der Waals surface area contributed by atoms with Gasteiger partial charge in [-0.3, -0.25) is 0 Å². The Hall–Kier alpha value is -4.53. The van der Waals surface area contributed by atoms with Crippen molar-refractivity contribution in [2.24, 2.45) is 0 Å². The second-order valence-electron chi connectivity index (χ2n) is 9.93. The maximum Gasteiger partial charge on any atom is 0.413 e. The van der Waals surface area contributed by atoms with E-state index in [-0.39, 0.29) is 5.75 Å². The number of imidazole rings is 1.